The molecule has 0 aliphatic rings. The summed E-state index contributed by atoms with van der Waals surface area (Å²) in [6.45, 7) is 8.08. The molecule has 32 heavy (non-hydrogen) atoms. The number of rotatable bonds is 10. The predicted molar refractivity (Wildman–Crippen MR) is 129 cm³/mol. The van der Waals surface area contributed by atoms with Crippen LogP contribution in [0.15, 0.2) is 35.3 Å². The van der Waals surface area contributed by atoms with Crippen molar-refractivity contribution in [2.24, 2.45) is 4.99 Å². The van der Waals surface area contributed by atoms with Crippen LogP contribution in [0.25, 0.3) is 0 Å². The number of halogens is 4. The van der Waals surface area contributed by atoms with E-state index in [1.807, 2.05) is 31.5 Å². The van der Waals surface area contributed by atoms with Crippen LogP contribution in [-0.4, -0.2) is 53.2 Å². The number of hydrogen-bond acceptors (Lipinski definition) is 4. The van der Waals surface area contributed by atoms with Gasteiger partial charge in [-0.05, 0) is 57.5 Å². The molecule has 0 spiro atoms. The SMILES string of the molecule is CCNC(=NCC(O)COc1ccc(C(F)(F)F)cc1)NCCCn1nc(C)cc1C.I. The van der Waals surface area contributed by atoms with Crippen molar-refractivity contribution in [2.75, 3.05) is 26.2 Å². The quantitative estimate of drug-likeness (QED) is 0.177. The number of nitrogens with zero attached hydrogens (tertiary/aromatic N) is 3. The molecule has 1 unspecified atom stereocenters. The molecule has 1 atom stereocenters. The topological polar surface area (TPSA) is 83.7 Å². The van der Waals surface area contributed by atoms with Crippen molar-refractivity contribution in [1.82, 2.24) is 20.4 Å². The molecular weight excluding hydrogens is 538 g/mol. The van der Waals surface area contributed by atoms with E-state index in [1.54, 1.807) is 0 Å². The smallest absolute Gasteiger partial charge is 0.416 e. The van der Waals surface area contributed by atoms with Crippen LogP contribution in [0.5, 0.6) is 5.75 Å². The number of aryl methyl sites for hydroxylation is 3. The van der Waals surface area contributed by atoms with Gasteiger partial charge in [-0.15, -0.1) is 24.0 Å². The second-order valence-corrected chi connectivity index (χ2v) is 7.14. The van der Waals surface area contributed by atoms with E-state index in [1.165, 1.54) is 12.1 Å². The lowest BCUT2D eigenvalue weighted by Crippen LogP contribution is -2.39. The number of guanidine groups is 1. The van der Waals surface area contributed by atoms with Crippen molar-refractivity contribution in [3.63, 3.8) is 0 Å². The molecule has 3 N–H and O–H groups in total. The Labute approximate surface area is 203 Å². The summed E-state index contributed by atoms with van der Waals surface area (Å²) in [6.07, 6.45) is -4.43. The Balaban J connectivity index is 0.00000512. The Morgan fingerprint density at radius 3 is 2.47 bits per heavy atom. The molecule has 0 bridgehead atoms. The van der Waals surface area contributed by atoms with Gasteiger partial charge in [-0.3, -0.25) is 9.67 Å². The molecule has 7 nitrogen and oxygen atoms in total. The molecule has 0 amide bonds. The molecule has 0 fully saturated rings. The summed E-state index contributed by atoms with van der Waals surface area (Å²) in [5.41, 5.74) is 1.37. The fourth-order valence-electron chi connectivity index (χ4n) is 2.86. The normalized spacial score (nSPS) is 12.8. The van der Waals surface area contributed by atoms with Gasteiger partial charge in [0, 0.05) is 25.3 Å². The van der Waals surface area contributed by atoms with E-state index >= 15 is 0 Å². The fraction of sp³-hybridized carbons (Fsp3) is 0.524. The minimum Gasteiger partial charge on any atom is -0.491 e. The first kappa shape index (κ1) is 28.0. The second-order valence-electron chi connectivity index (χ2n) is 7.14. The van der Waals surface area contributed by atoms with E-state index in [0.29, 0.717) is 19.0 Å². The van der Waals surface area contributed by atoms with Crippen molar-refractivity contribution in [3.05, 3.63) is 47.3 Å². The summed E-state index contributed by atoms with van der Waals surface area (Å²) < 4.78 is 45.0. The first-order chi connectivity index (χ1) is 14.7. The first-order valence-corrected chi connectivity index (χ1v) is 10.2. The average Bonchev–Trinajstić information content (AvgIpc) is 3.04. The predicted octanol–water partition coefficient (Wildman–Crippen LogP) is 3.52. The summed E-state index contributed by atoms with van der Waals surface area (Å²) in [5, 5.41) is 20.8. The highest BCUT2D eigenvalue weighted by atomic mass is 127. The van der Waals surface area contributed by atoms with Crippen LogP contribution in [0.3, 0.4) is 0 Å². The van der Waals surface area contributed by atoms with Crippen molar-refractivity contribution in [3.8, 4) is 5.75 Å². The number of benzene rings is 1. The Hall–Kier alpha value is -2.02. The maximum atomic E-state index is 12.6. The molecule has 1 aromatic heterocycles. The summed E-state index contributed by atoms with van der Waals surface area (Å²) >= 11 is 0. The van der Waals surface area contributed by atoms with E-state index in [2.05, 4.69) is 20.7 Å². The van der Waals surface area contributed by atoms with Crippen molar-refractivity contribution in [2.45, 2.75) is 46.0 Å². The van der Waals surface area contributed by atoms with Gasteiger partial charge >= 0.3 is 6.18 Å². The number of alkyl halides is 3. The van der Waals surface area contributed by atoms with E-state index in [0.717, 1.165) is 36.5 Å². The molecular formula is C21H31F3IN5O2. The highest BCUT2D eigenvalue weighted by molar-refractivity contribution is 14.0. The van der Waals surface area contributed by atoms with Crippen LogP contribution in [-0.2, 0) is 12.7 Å². The third kappa shape index (κ3) is 9.63. The minimum atomic E-state index is -4.39. The van der Waals surface area contributed by atoms with Crippen molar-refractivity contribution in [1.29, 1.82) is 0 Å². The van der Waals surface area contributed by atoms with Crippen LogP contribution in [0, 0.1) is 13.8 Å². The first-order valence-electron chi connectivity index (χ1n) is 10.2. The zero-order chi connectivity index (χ0) is 22.9. The number of hydrogen-bond donors (Lipinski definition) is 3. The molecule has 0 saturated heterocycles. The molecule has 0 radical (unpaired) electrons. The summed E-state index contributed by atoms with van der Waals surface area (Å²) in [4.78, 5) is 4.33. The molecule has 2 aromatic rings. The highest BCUT2D eigenvalue weighted by Crippen LogP contribution is 2.30. The Morgan fingerprint density at radius 1 is 1.22 bits per heavy atom. The molecule has 1 heterocycles. The fourth-order valence-corrected chi connectivity index (χ4v) is 2.86. The van der Waals surface area contributed by atoms with Crippen LogP contribution in [0.4, 0.5) is 13.2 Å². The summed E-state index contributed by atoms with van der Waals surface area (Å²) in [5.74, 6) is 0.828. The molecule has 180 valence electrons. The molecule has 2 rings (SSSR count). The van der Waals surface area contributed by atoms with Crippen molar-refractivity contribution < 1.29 is 23.0 Å². The maximum absolute atomic E-state index is 12.6. The van der Waals surface area contributed by atoms with Gasteiger partial charge in [0.1, 0.15) is 18.5 Å². The third-order valence-electron chi connectivity index (χ3n) is 4.37. The molecule has 0 aliphatic carbocycles. The van der Waals surface area contributed by atoms with Crippen LogP contribution >= 0.6 is 24.0 Å². The standard InChI is InChI=1S/C21H30F3N5O2.HI/c1-4-25-20(26-10-5-11-29-16(3)12-15(2)28-29)27-13-18(30)14-31-19-8-6-17(7-9-19)21(22,23)24;/h6-9,12,18,30H,4-5,10-11,13-14H2,1-3H3,(H2,25,26,27);1H. The van der Waals surface area contributed by atoms with Gasteiger partial charge in [0.25, 0.3) is 0 Å². The Morgan fingerprint density at radius 2 is 1.91 bits per heavy atom. The Bertz CT molecular complexity index is 841. The van der Waals surface area contributed by atoms with Crippen LogP contribution < -0.4 is 15.4 Å². The van der Waals surface area contributed by atoms with E-state index in [-0.39, 0.29) is 42.9 Å². The lowest BCUT2D eigenvalue weighted by Gasteiger charge is -2.14. The molecule has 0 saturated carbocycles. The number of ether oxygens (including phenoxy) is 1. The van der Waals surface area contributed by atoms with E-state index < -0.39 is 17.8 Å². The summed E-state index contributed by atoms with van der Waals surface area (Å²) in [6, 6.07) is 6.38. The number of aromatic nitrogens is 2. The zero-order valence-corrected chi connectivity index (χ0v) is 20.8. The van der Waals surface area contributed by atoms with Gasteiger partial charge in [0.2, 0.25) is 0 Å². The third-order valence-corrected chi connectivity index (χ3v) is 4.37. The van der Waals surface area contributed by atoms with Crippen LogP contribution in [0.2, 0.25) is 0 Å². The highest BCUT2D eigenvalue weighted by Gasteiger charge is 2.30. The van der Waals surface area contributed by atoms with Gasteiger partial charge in [-0.25, -0.2) is 0 Å². The van der Waals surface area contributed by atoms with Gasteiger partial charge in [0.15, 0.2) is 5.96 Å². The summed E-state index contributed by atoms with van der Waals surface area (Å²) in [7, 11) is 0. The monoisotopic (exact) mass is 569 g/mol. The van der Waals surface area contributed by atoms with Gasteiger partial charge in [-0.1, -0.05) is 0 Å². The molecule has 1 aromatic carbocycles. The van der Waals surface area contributed by atoms with Crippen LogP contribution in [0.1, 0.15) is 30.3 Å². The van der Waals surface area contributed by atoms with Gasteiger partial charge in [0.05, 0.1) is 17.8 Å². The average molecular weight is 569 g/mol. The van der Waals surface area contributed by atoms with Crippen molar-refractivity contribution >= 4 is 29.9 Å². The second kappa shape index (κ2) is 13.5. The van der Waals surface area contributed by atoms with E-state index in [4.69, 9.17) is 4.74 Å². The minimum absolute atomic E-state index is 0. The Kier molecular flexibility index (Phi) is 11.8. The maximum Gasteiger partial charge on any atom is 0.416 e. The van der Waals surface area contributed by atoms with Gasteiger partial charge < -0.3 is 20.5 Å². The molecule has 11 heteroatoms. The number of aliphatic imine (C=N–C) groups is 1. The molecule has 0 aliphatic heterocycles. The van der Waals surface area contributed by atoms with Gasteiger partial charge in [-0.2, -0.15) is 18.3 Å². The number of nitrogens with one attached hydrogen (secondary N) is 2. The lowest BCUT2D eigenvalue weighted by molar-refractivity contribution is -0.137. The number of aliphatic hydroxyl groups is 1. The largest absolute Gasteiger partial charge is 0.491 e. The zero-order valence-electron chi connectivity index (χ0n) is 18.4. The van der Waals surface area contributed by atoms with E-state index in [9.17, 15) is 18.3 Å². The lowest BCUT2D eigenvalue weighted by atomic mass is 10.2. The number of aliphatic hydroxyl groups excluding tert-OH is 1.